The molecule has 0 saturated heterocycles. The van der Waals surface area contributed by atoms with Gasteiger partial charge in [-0.25, -0.2) is 0 Å². The van der Waals surface area contributed by atoms with E-state index in [-0.39, 0.29) is 22.5 Å². The van der Waals surface area contributed by atoms with Crippen LogP contribution < -0.4 is 0 Å². The van der Waals surface area contributed by atoms with Crippen LogP contribution in [0.5, 0.6) is 0 Å². The quantitative estimate of drug-likeness (QED) is 0.777. The lowest BCUT2D eigenvalue weighted by molar-refractivity contribution is -0.161. The number of carbonyl (C=O) groups excluding carboxylic acids is 1. The molecule has 0 radical (unpaired) electrons. The van der Waals surface area contributed by atoms with Crippen LogP contribution in [0.15, 0.2) is 11.6 Å². The Kier molecular flexibility index (Phi) is 3.23. The molecule has 3 aliphatic carbocycles. The van der Waals surface area contributed by atoms with Gasteiger partial charge < -0.3 is 5.11 Å². The zero-order chi connectivity index (χ0) is 15.6. The Hall–Kier alpha value is -0.630. The van der Waals surface area contributed by atoms with E-state index in [1.807, 2.05) is 0 Å². The maximum Gasteiger partial charge on any atom is 0.168 e. The van der Waals surface area contributed by atoms with E-state index in [4.69, 9.17) is 0 Å². The molecule has 21 heavy (non-hydrogen) atoms. The fourth-order valence-electron chi connectivity index (χ4n) is 5.61. The minimum absolute atomic E-state index is 0.00525. The molecule has 3 rings (SSSR count). The normalized spacial score (nSPS) is 48.3. The Labute approximate surface area is 129 Å². The van der Waals surface area contributed by atoms with Crippen LogP contribution in [0.1, 0.15) is 66.7 Å². The predicted molar refractivity (Wildman–Crippen MR) is 84.8 cm³/mol. The van der Waals surface area contributed by atoms with Crippen molar-refractivity contribution in [1.29, 1.82) is 0 Å². The molecule has 2 nitrogen and oxygen atoms in total. The summed E-state index contributed by atoms with van der Waals surface area (Å²) in [6.45, 7) is 11.0. The molecule has 1 N–H and O–H groups in total. The van der Waals surface area contributed by atoms with Crippen LogP contribution in [-0.2, 0) is 4.79 Å². The van der Waals surface area contributed by atoms with Crippen molar-refractivity contribution in [3.63, 3.8) is 0 Å². The van der Waals surface area contributed by atoms with Crippen molar-refractivity contribution in [1.82, 2.24) is 0 Å². The number of hydrogen-bond donors (Lipinski definition) is 1. The first-order valence-electron chi connectivity index (χ1n) is 8.56. The Morgan fingerprint density at radius 1 is 1.33 bits per heavy atom. The maximum atomic E-state index is 13.2. The first-order chi connectivity index (χ1) is 9.63. The lowest BCUT2D eigenvalue weighted by Gasteiger charge is -2.46. The van der Waals surface area contributed by atoms with Crippen molar-refractivity contribution in [3.05, 3.63) is 11.6 Å². The summed E-state index contributed by atoms with van der Waals surface area (Å²) in [7, 11) is 0. The number of ketones is 1. The SMILES string of the molecule is CC1=CC[C@H](C(=O)[C@@]2(O)C[C@H]3CC[C@]2(C)C3(C)C)[C@H](C)C1. The van der Waals surface area contributed by atoms with Gasteiger partial charge in [0.2, 0.25) is 0 Å². The van der Waals surface area contributed by atoms with Gasteiger partial charge in [-0.1, -0.05) is 39.3 Å². The van der Waals surface area contributed by atoms with Gasteiger partial charge in [-0.2, -0.15) is 0 Å². The fraction of sp³-hybridized carbons (Fsp3) is 0.842. The standard InChI is InChI=1S/C19H30O2/c1-12-6-7-15(13(2)10-12)16(20)19(21)11-14-8-9-18(19,5)17(14,3)4/h6,13-15,21H,7-11H2,1-5H3/t13-,14-,15+,18-,19+/m1/s1. The van der Waals surface area contributed by atoms with E-state index in [9.17, 15) is 9.90 Å². The molecule has 0 aromatic rings. The summed E-state index contributed by atoms with van der Waals surface area (Å²) in [5, 5.41) is 11.4. The van der Waals surface area contributed by atoms with E-state index in [0.29, 0.717) is 18.3 Å². The zero-order valence-electron chi connectivity index (χ0n) is 14.2. The molecular formula is C19H30O2. The van der Waals surface area contributed by atoms with Crippen LogP contribution in [-0.4, -0.2) is 16.5 Å². The highest BCUT2D eigenvalue weighted by Crippen LogP contribution is 2.70. The minimum atomic E-state index is -1.10. The van der Waals surface area contributed by atoms with Gasteiger partial charge in [-0.3, -0.25) is 4.79 Å². The van der Waals surface area contributed by atoms with E-state index in [0.717, 1.165) is 19.3 Å². The molecule has 2 bridgehead atoms. The molecule has 0 amide bonds. The van der Waals surface area contributed by atoms with E-state index in [2.05, 4.69) is 40.7 Å². The fourth-order valence-corrected chi connectivity index (χ4v) is 5.61. The third kappa shape index (κ3) is 1.78. The minimum Gasteiger partial charge on any atom is -0.381 e. The second-order valence-electron chi connectivity index (χ2n) is 8.79. The van der Waals surface area contributed by atoms with Crippen LogP contribution >= 0.6 is 0 Å². The van der Waals surface area contributed by atoms with Crippen LogP contribution in [0.3, 0.4) is 0 Å². The lowest BCUT2D eigenvalue weighted by atomic mass is 9.60. The number of hydrogen-bond acceptors (Lipinski definition) is 2. The average Bonchev–Trinajstić information content (AvgIpc) is 2.70. The van der Waals surface area contributed by atoms with E-state index in [1.165, 1.54) is 12.0 Å². The summed E-state index contributed by atoms with van der Waals surface area (Å²) >= 11 is 0. The Morgan fingerprint density at radius 2 is 2.00 bits per heavy atom. The van der Waals surface area contributed by atoms with Gasteiger partial charge in [0.05, 0.1) is 0 Å². The number of aliphatic hydroxyl groups is 1. The van der Waals surface area contributed by atoms with Gasteiger partial charge in [0.25, 0.3) is 0 Å². The second-order valence-corrected chi connectivity index (χ2v) is 8.79. The van der Waals surface area contributed by atoms with Crippen molar-refractivity contribution >= 4 is 5.78 Å². The van der Waals surface area contributed by atoms with Crippen molar-refractivity contribution < 1.29 is 9.90 Å². The van der Waals surface area contributed by atoms with E-state index >= 15 is 0 Å². The zero-order valence-corrected chi connectivity index (χ0v) is 14.2. The average molecular weight is 290 g/mol. The van der Waals surface area contributed by atoms with Gasteiger partial charge in [-0.15, -0.1) is 0 Å². The van der Waals surface area contributed by atoms with Crippen molar-refractivity contribution in [3.8, 4) is 0 Å². The van der Waals surface area contributed by atoms with E-state index < -0.39 is 5.60 Å². The molecule has 0 unspecified atom stereocenters. The Balaban J connectivity index is 1.92. The molecule has 118 valence electrons. The van der Waals surface area contributed by atoms with Gasteiger partial charge >= 0.3 is 0 Å². The van der Waals surface area contributed by atoms with Crippen LogP contribution in [0.4, 0.5) is 0 Å². The predicted octanol–water partition coefficient (Wildman–Crippen LogP) is 4.13. The van der Waals surface area contributed by atoms with Crippen molar-refractivity contribution in [2.75, 3.05) is 0 Å². The highest BCUT2D eigenvalue weighted by Gasteiger charge is 2.71. The van der Waals surface area contributed by atoms with Gasteiger partial charge in [0.1, 0.15) is 5.60 Å². The molecule has 2 heteroatoms. The molecule has 0 heterocycles. The summed E-state index contributed by atoms with van der Waals surface area (Å²) in [6, 6.07) is 0. The smallest absolute Gasteiger partial charge is 0.168 e. The first-order valence-corrected chi connectivity index (χ1v) is 8.56. The molecule has 5 atom stereocenters. The highest BCUT2D eigenvalue weighted by molar-refractivity contribution is 5.91. The second kappa shape index (κ2) is 4.44. The molecular weight excluding hydrogens is 260 g/mol. The maximum absolute atomic E-state index is 13.2. The Bertz CT molecular complexity index is 504. The summed E-state index contributed by atoms with van der Waals surface area (Å²) in [5.41, 5.74) is 0.105. The van der Waals surface area contributed by atoms with Crippen LogP contribution in [0.25, 0.3) is 0 Å². The monoisotopic (exact) mass is 290 g/mol. The molecule has 0 aliphatic heterocycles. The summed E-state index contributed by atoms with van der Waals surface area (Å²) in [5.74, 6) is 0.993. The summed E-state index contributed by atoms with van der Waals surface area (Å²) < 4.78 is 0. The lowest BCUT2D eigenvalue weighted by Crippen LogP contribution is -2.55. The van der Waals surface area contributed by atoms with Crippen LogP contribution in [0, 0.1) is 28.6 Å². The molecule has 0 spiro atoms. The Morgan fingerprint density at radius 3 is 2.48 bits per heavy atom. The highest BCUT2D eigenvalue weighted by atomic mass is 16.3. The molecule has 0 aromatic carbocycles. The molecule has 2 saturated carbocycles. The van der Waals surface area contributed by atoms with Crippen molar-refractivity contribution in [2.45, 2.75) is 72.3 Å². The van der Waals surface area contributed by atoms with Gasteiger partial charge in [0.15, 0.2) is 5.78 Å². The number of fused-ring (bicyclic) bond motifs is 2. The molecule has 0 aromatic heterocycles. The molecule has 2 fully saturated rings. The first kappa shape index (κ1) is 15.3. The van der Waals surface area contributed by atoms with Gasteiger partial charge in [-0.05, 0) is 56.3 Å². The van der Waals surface area contributed by atoms with E-state index in [1.54, 1.807) is 0 Å². The number of Topliss-reactive ketones (excluding diaryl/α,β-unsaturated/α-hetero) is 1. The third-order valence-electron chi connectivity index (χ3n) is 7.69. The topological polar surface area (TPSA) is 37.3 Å². The summed E-state index contributed by atoms with van der Waals surface area (Å²) in [6.07, 6.45) is 6.85. The molecule has 3 aliphatic rings. The largest absolute Gasteiger partial charge is 0.381 e. The number of rotatable bonds is 2. The number of allylic oxidation sites excluding steroid dienone is 2. The summed E-state index contributed by atoms with van der Waals surface area (Å²) in [4.78, 5) is 13.2. The van der Waals surface area contributed by atoms with Gasteiger partial charge in [0, 0.05) is 11.3 Å². The van der Waals surface area contributed by atoms with Crippen molar-refractivity contribution in [2.24, 2.45) is 28.6 Å². The van der Waals surface area contributed by atoms with Crippen LogP contribution in [0.2, 0.25) is 0 Å². The third-order valence-corrected chi connectivity index (χ3v) is 7.69. The number of carbonyl (C=O) groups is 1.